The summed E-state index contributed by atoms with van der Waals surface area (Å²) in [6.07, 6.45) is 14.6. The molecule has 9 nitrogen and oxygen atoms in total. The number of carbonyl (C=O) groups is 2. The fourth-order valence-corrected chi connectivity index (χ4v) is 6.05. The molecule has 0 saturated heterocycles. The second kappa shape index (κ2) is 25.8. The first kappa shape index (κ1) is 42.1. The van der Waals surface area contributed by atoms with Crippen LogP contribution in [0.4, 0.5) is 0 Å². The molecule has 0 aliphatic heterocycles. The van der Waals surface area contributed by atoms with Crippen molar-refractivity contribution in [2.45, 2.75) is 134 Å². The lowest BCUT2D eigenvalue weighted by atomic mass is 9.93. The topological polar surface area (TPSA) is 148 Å². The van der Waals surface area contributed by atoms with E-state index in [1.807, 2.05) is 30.3 Å². The Balaban J connectivity index is 2.09. The van der Waals surface area contributed by atoms with Crippen molar-refractivity contribution in [2.24, 2.45) is 5.92 Å². The molecular weight excluding hydrogens is 620 g/mol. The maximum Gasteiger partial charge on any atom is 0.244 e. The Kier molecular flexibility index (Phi) is 22.2. The number of hydrogen-bond acceptors (Lipinski definition) is 7. The number of nitrogens with one attached hydrogen (secondary N) is 2. The van der Waals surface area contributed by atoms with Gasteiger partial charge in [0.25, 0.3) is 0 Å². The number of carbonyl (C=O) groups excluding carboxylic acids is 2. The number of unbranched alkanes of at least 4 members (excludes halogenated alkanes) is 10. The number of rotatable bonds is 27. The van der Waals surface area contributed by atoms with Gasteiger partial charge < -0.3 is 35.8 Å². The van der Waals surface area contributed by atoms with E-state index < -0.39 is 55.6 Å². The van der Waals surface area contributed by atoms with Gasteiger partial charge in [-0.05, 0) is 24.0 Å². The van der Waals surface area contributed by atoms with Crippen LogP contribution in [0.3, 0.4) is 0 Å². The largest absolute Gasteiger partial charge is 0.394 e. The van der Waals surface area contributed by atoms with Crippen molar-refractivity contribution in [1.29, 1.82) is 0 Å². The molecule has 6 N–H and O–H groups in total. The number of aliphatic hydroxyl groups excluding tert-OH is 4. The number of benzene rings is 2. The molecule has 0 fully saturated rings. The Bertz CT molecular complexity index is 1160. The van der Waals surface area contributed by atoms with E-state index >= 15 is 0 Å². The van der Waals surface area contributed by atoms with Gasteiger partial charge in [-0.25, -0.2) is 0 Å². The van der Waals surface area contributed by atoms with Crippen LogP contribution in [0.2, 0.25) is 0 Å². The van der Waals surface area contributed by atoms with Crippen LogP contribution in [-0.4, -0.2) is 63.8 Å². The Morgan fingerprint density at radius 1 is 0.633 bits per heavy atom. The predicted molar refractivity (Wildman–Crippen MR) is 194 cm³/mol. The average Bonchev–Trinajstić information content (AvgIpc) is 3.13. The molecule has 9 heteroatoms. The molecule has 2 rings (SSSR count). The molecule has 6 unspecified atom stereocenters. The van der Waals surface area contributed by atoms with Crippen LogP contribution in [0.1, 0.15) is 127 Å². The van der Waals surface area contributed by atoms with Crippen molar-refractivity contribution in [2.75, 3.05) is 13.2 Å². The van der Waals surface area contributed by atoms with Crippen molar-refractivity contribution >= 4 is 11.8 Å². The lowest BCUT2D eigenvalue weighted by molar-refractivity contribution is -0.181. The van der Waals surface area contributed by atoms with E-state index in [-0.39, 0.29) is 5.92 Å². The summed E-state index contributed by atoms with van der Waals surface area (Å²) in [4.78, 5) is 25.6. The van der Waals surface area contributed by atoms with Crippen LogP contribution in [0.25, 0.3) is 0 Å². The fraction of sp³-hybridized carbons (Fsp3) is 0.600. The van der Waals surface area contributed by atoms with E-state index in [4.69, 9.17) is 4.74 Å². The molecule has 0 saturated carbocycles. The normalized spacial score (nSPS) is 15.3. The molecule has 0 bridgehead atoms. The van der Waals surface area contributed by atoms with Gasteiger partial charge in [0.1, 0.15) is 12.2 Å². The van der Waals surface area contributed by atoms with Gasteiger partial charge in [0.15, 0.2) is 6.29 Å². The Labute approximate surface area is 294 Å². The summed E-state index contributed by atoms with van der Waals surface area (Å²) in [5, 5.41) is 47.5. The summed E-state index contributed by atoms with van der Waals surface area (Å²) in [6, 6.07) is 16.0. The molecule has 2 aromatic rings. The summed E-state index contributed by atoms with van der Waals surface area (Å²) in [6.45, 7) is 3.43. The maximum absolute atomic E-state index is 13.0. The van der Waals surface area contributed by atoms with E-state index in [9.17, 15) is 30.0 Å². The lowest BCUT2D eigenvalue weighted by Crippen LogP contribution is -2.44. The predicted octanol–water partition coefficient (Wildman–Crippen LogP) is 6.42. The van der Waals surface area contributed by atoms with Crippen LogP contribution in [0.15, 0.2) is 72.8 Å². The first-order valence-electron chi connectivity index (χ1n) is 18.5. The van der Waals surface area contributed by atoms with E-state index in [2.05, 4.69) is 24.5 Å². The van der Waals surface area contributed by atoms with E-state index in [1.54, 1.807) is 30.3 Å². The summed E-state index contributed by atoms with van der Waals surface area (Å²) >= 11 is 0. The zero-order valence-corrected chi connectivity index (χ0v) is 29.7. The number of hydrogen-bond donors (Lipinski definition) is 6. The van der Waals surface area contributed by atoms with Gasteiger partial charge in [0, 0.05) is 18.1 Å². The molecule has 0 aliphatic rings. The molecule has 6 atom stereocenters. The number of ether oxygens (including phenoxy) is 1. The molecule has 49 heavy (non-hydrogen) atoms. The first-order valence-corrected chi connectivity index (χ1v) is 18.5. The lowest BCUT2D eigenvalue weighted by Gasteiger charge is -2.32. The van der Waals surface area contributed by atoms with Gasteiger partial charge in [-0.1, -0.05) is 152 Å². The quantitative estimate of drug-likeness (QED) is 0.0362. The van der Waals surface area contributed by atoms with Crippen LogP contribution >= 0.6 is 0 Å². The highest BCUT2D eigenvalue weighted by molar-refractivity contribution is 5.97. The maximum atomic E-state index is 13.0. The van der Waals surface area contributed by atoms with Crippen LogP contribution in [-0.2, 0) is 14.3 Å². The second-order valence-electron chi connectivity index (χ2n) is 13.0. The number of amides is 2. The fourth-order valence-electron chi connectivity index (χ4n) is 6.05. The van der Waals surface area contributed by atoms with Crippen LogP contribution < -0.4 is 10.6 Å². The third-order valence-electron chi connectivity index (χ3n) is 9.00. The molecule has 274 valence electrons. The summed E-state index contributed by atoms with van der Waals surface area (Å²) in [5.74, 6) is -1.40. The Morgan fingerprint density at radius 2 is 1.06 bits per heavy atom. The Hall–Kier alpha value is -3.08. The highest BCUT2D eigenvalue weighted by atomic mass is 16.6. The molecule has 0 heterocycles. The monoisotopic (exact) mass is 682 g/mol. The van der Waals surface area contributed by atoms with Crippen molar-refractivity contribution in [1.82, 2.24) is 10.6 Å². The van der Waals surface area contributed by atoms with E-state index in [0.29, 0.717) is 11.1 Å². The molecule has 2 amide bonds. The molecular formula is C40H62N2O7. The standard InChI is InChI=1S/C40H62N2O7/c1-3-5-7-9-10-12-16-26-33(25-15-11-8-6-4-2)40(48)49-39(32-23-19-14-20-24-32)35(30-44)42-37(46)28-27-36(45)41-34(29-43)38(47)31-21-17-13-18-22-31/h13-14,17-24,27-28,33-35,38-40,43-44,47-48H,3-12,15-16,25-26,29-30H2,1-2H3,(H,41,45)(H,42,46)/b28-27-. The molecule has 2 aromatic carbocycles. The highest BCUT2D eigenvalue weighted by Crippen LogP contribution is 2.29. The van der Waals surface area contributed by atoms with Gasteiger partial charge in [-0.2, -0.15) is 0 Å². The summed E-state index contributed by atoms with van der Waals surface area (Å²) in [5.41, 5.74) is 1.23. The van der Waals surface area contributed by atoms with Gasteiger partial charge >= 0.3 is 0 Å². The van der Waals surface area contributed by atoms with Gasteiger partial charge in [0.2, 0.25) is 11.8 Å². The Morgan fingerprint density at radius 3 is 1.53 bits per heavy atom. The molecule has 0 aliphatic carbocycles. The van der Waals surface area contributed by atoms with Gasteiger partial charge in [-0.15, -0.1) is 0 Å². The minimum absolute atomic E-state index is 0.0761. The van der Waals surface area contributed by atoms with Crippen molar-refractivity contribution in [3.05, 3.63) is 83.9 Å². The number of aliphatic hydroxyl groups is 4. The third-order valence-corrected chi connectivity index (χ3v) is 9.00. The van der Waals surface area contributed by atoms with Crippen molar-refractivity contribution in [3.63, 3.8) is 0 Å². The smallest absolute Gasteiger partial charge is 0.244 e. The first-order chi connectivity index (χ1) is 23.8. The molecule has 0 radical (unpaired) electrons. The average molecular weight is 683 g/mol. The zero-order chi connectivity index (χ0) is 35.7. The SMILES string of the molecule is CCCCCCCCCC(CCCCCCC)C(O)OC(c1ccccc1)C(CO)NC(=O)/C=C\C(=O)NC(CO)C(O)c1ccccc1. The van der Waals surface area contributed by atoms with Crippen LogP contribution in [0.5, 0.6) is 0 Å². The van der Waals surface area contributed by atoms with Crippen LogP contribution in [0, 0.1) is 5.92 Å². The third kappa shape index (κ3) is 16.9. The minimum Gasteiger partial charge on any atom is -0.394 e. The van der Waals surface area contributed by atoms with Crippen molar-refractivity contribution < 1.29 is 34.8 Å². The van der Waals surface area contributed by atoms with Gasteiger partial charge in [-0.3, -0.25) is 9.59 Å². The molecule has 0 spiro atoms. The summed E-state index contributed by atoms with van der Waals surface area (Å²) in [7, 11) is 0. The van der Waals surface area contributed by atoms with E-state index in [0.717, 1.165) is 50.7 Å². The zero-order valence-electron chi connectivity index (χ0n) is 29.7. The summed E-state index contributed by atoms with van der Waals surface area (Å²) < 4.78 is 6.32. The van der Waals surface area contributed by atoms with Gasteiger partial charge in [0.05, 0.1) is 25.3 Å². The molecule has 0 aromatic heterocycles. The minimum atomic E-state index is -1.14. The highest BCUT2D eigenvalue weighted by Gasteiger charge is 2.30. The second-order valence-corrected chi connectivity index (χ2v) is 13.0. The van der Waals surface area contributed by atoms with Crippen molar-refractivity contribution in [3.8, 4) is 0 Å². The van der Waals surface area contributed by atoms with E-state index in [1.165, 1.54) is 51.4 Å².